The van der Waals surface area contributed by atoms with E-state index in [1.165, 1.54) is 5.56 Å². The molecule has 29 heavy (non-hydrogen) atoms. The molecule has 1 aliphatic carbocycles. The molecule has 5 heteroatoms. The van der Waals surface area contributed by atoms with E-state index in [-0.39, 0.29) is 17.5 Å². The van der Waals surface area contributed by atoms with Crippen LogP contribution in [0.25, 0.3) is 6.08 Å². The van der Waals surface area contributed by atoms with Gasteiger partial charge in [0, 0.05) is 51.5 Å². The number of hydrogen-bond acceptors (Lipinski definition) is 3. The lowest BCUT2D eigenvalue weighted by Gasteiger charge is -2.37. The lowest BCUT2D eigenvalue weighted by atomic mass is 10.0. The Labute approximate surface area is 172 Å². The Morgan fingerprint density at radius 2 is 1.90 bits per heavy atom. The topological polar surface area (TPSA) is 45.6 Å². The maximum Gasteiger partial charge on any atom is 0.255 e. The summed E-state index contributed by atoms with van der Waals surface area (Å²) in [6, 6.07) is 10.8. The lowest BCUT2D eigenvalue weighted by Crippen LogP contribution is -2.46. The third-order valence-electron chi connectivity index (χ3n) is 6.34. The van der Waals surface area contributed by atoms with Crippen molar-refractivity contribution in [3.63, 3.8) is 0 Å². The number of fused-ring (bicyclic) bond motifs is 1. The molecule has 0 unspecified atom stereocenters. The molecule has 5 nitrogen and oxygen atoms in total. The molecule has 2 aliphatic rings. The number of allylic oxidation sites excluding steroid dienone is 1. The number of aryl methyl sites for hydroxylation is 1. The van der Waals surface area contributed by atoms with E-state index in [1.807, 2.05) is 24.1 Å². The van der Waals surface area contributed by atoms with E-state index in [2.05, 4.69) is 35.2 Å². The van der Waals surface area contributed by atoms with Gasteiger partial charge in [-0.2, -0.15) is 0 Å². The molecular formula is C24H29N3O2. The minimum absolute atomic E-state index is 0.00377. The molecule has 0 saturated carbocycles. The third kappa shape index (κ3) is 4.06. The summed E-state index contributed by atoms with van der Waals surface area (Å²) < 4.78 is 1.54. The van der Waals surface area contributed by atoms with Crippen molar-refractivity contribution in [2.45, 2.75) is 31.7 Å². The van der Waals surface area contributed by atoms with Crippen molar-refractivity contribution in [2.24, 2.45) is 7.05 Å². The number of aromatic nitrogens is 1. The smallest absolute Gasteiger partial charge is 0.255 e. The van der Waals surface area contributed by atoms with Gasteiger partial charge in [0.05, 0.1) is 5.56 Å². The number of rotatable bonds is 5. The van der Waals surface area contributed by atoms with Crippen LogP contribution in [0.1, 0.15) is 39.9 Å². The molecule has 0 atom stereocenters. The molecule has 0 N–H and O–H groups in total. The van der Waals surface area contributed by atoms with Crippen LogP contribution in [0.2, 0.25) is 0 Å². The molecule has 152 valence electrons. The van der Waals surface area contributed by atoms with Crippen LogP contribution >= 0.6 is 0 Å². The van der Waals surface area contributed by atoms with Gasteiger partial charge in [-0.1, -0.05) is 42.5 Å². The van der Waals surface area contributed by atoms with Gasteiger partial charge in [-0.15, -0.1) is 0 Å². The summed E-state index contributed by atoms with van der Waals surface area (Å²) in [4.78, 5) is 29.9. The van der Waals surface area contributed by atoms with Crippen LogP contribution in [-0.2, 0) is 19.9 Å². The summed E-state index contributed by atoms with van der Waals surface area (Å²) in [7, 11) is 3.63. The van der Waals surface area contributed by atoms with Gasteiger partial charge in [0.15, 0.2) is 0 Å². The van der Waals surface area contributed by atoms with Gasteiger partial charge in [-0.25, -0.2) is 0 Å². The van der Waals surface area contributed by atoms with E-state index in [9.17, 15) is 9.59 Å². The summed E-state index contributed by atoms with van der Waals surface area (Å²) in [5.74, 6) is 0.0196. The van der Waals surface area contributed by atoms with E-state index < -0.39 is 0 Å². The molecule has 0 radical (unpaired) electrons. The van der Waals surface area contributed by atoms with Gasteiger partial charge in [0.25, 0.3) is 11.5 Å². The zero-order valence-corrected chi connectivity index (χ0v) is 17.3. The second kappa shape index (κ2) is 8.37. The van der Waals surface area contributed by atoms with Crippen LogP contribution in [0.15, 0.2) is 47.4 Å². The number of carbonyl (C=O) groups excluding carboxylic acids is 1. The average molecular weight is 392 g/mol. The molecule has 1 aromatic carbocycles. The quantitative estimate of drug-likeness (QED) is 0.787. The molecule has 2 aromatic rings. The Kier molecular flexibility index (Phi) is 5.67. The molecule has 1 aromatic heterocycles. The van der Waals surface area contributed by atoms with E-state index in [0.29, 0.717) is 12.0 Å². The minimum Gasteiger partial charge on any atom is -0.339 e. The molecule has 1 fully saturated rings. The summed E-state index contributed by atoms with van der Waals surface area (Å²) in [6.07, 6.45) is 9.24. The zero-order valence-electron chi connectivity index (χ0n) is 17.3. The van der Waals surface area contributed by atoms with Gasteiger partial charge in [-0.3, -0.25) is 9.59 Å². The van der Waals surface area contributed by atoms with Gasteiger partial charge in [-0.05, 0) is 36.8 Å². The first-order valence-corrected chi connectivity index (χ1v) is 10.5. The molecule has 0 spiro atoms. The lowest BCUT2D eigenvalue weighted by molar-refractivity contribution is 0.0642. The Morgan fingerprint density at radius 3 is 2.62 bits per heavy atom. The number of likely N-dealkylation sites (tertiary alicyclic amines) is 1. The highest BCUT2D eigenvalue weighted by Crippen LogP contribution is 2.24. The second-order valence-corrected chi connectivity index (χ2v) is 8.18. The van der Waals surface area contributed by atoms with Crippen LogP contribution in [0.3, 0.4) is 0 Å². The average Bonchev–Trinajstić information content (AvgIpc) is 3.25. The summed E-state index contributed by atoms with van der Waals surface area (Å²) in [5, 5.41) is 0. The number of carbonyl (C=O) groups is 1. The fraction of sp³-hybridized carbons (Fsp3) is 0.417. The monoisotopic (exact) mass is 391 g/mol. The highest BCUT2D eigenvalue weighted by molar-refractivity contribution is 5.98. The van der Waals surface area contributed by atoms with E-state index in [1.54, 1.807) is 17.8 Å². The summed E-state index contributed by atoms with van der Waals surface area (Å²) in [6.45, 7) is 3.09. The molecule has 2 heterocycles. The largest absolute Gasteiger partial charge is 0.339 e. The molecule has 4 rings (SSSR count). The van der Waals surface area contributed by atoms with Gasteiger partial charge in [0.2, 0.25) is 0 Å². The Morgan fingerprint density at radius 1 is 1.17 bits per heavy atom. The second-order valence-electron chi connectivity index (χ2n) is 8.18. The summed E-state index contributed by atoms with van der Waals surface area (Å²) in [5.41, 5.74) is 3.56. The van der Waals surface area contributed by atoms with Crippen molar-refractivity contribution in [1.29, 1.82) is 0 Å². The Balaban J connectivity index is 1.38. The Hall–Kier alpha value is -2.66. The Bertz CT molecular complexity index is 970. The first-order valence-electron chi connectivity index (χ1n) is 10.5. The van der Waals surface area contributed by atoms with Gasteiger partial charge in [0.1, 0.15) is 0 Å². The fourth-order valence-electron chi connectivity index (χ4n) is 4.48. The standard InChI is InChI=1S/C24H29N3O2/c1-25-17-22(20-9-6-10-21(20)23(25)28)24(29)26(2)19-12-15-27(16-13-19)14-11-18-7-4-3-5-8-18/h3-9,17,19H,10-16H2,1-2H3. The van der Waals surface area contributed by atoms with Crippen LogP contribution in [0.5, 0.6) is 0 Å². The number of hydrogen-bond donors (Lipinski definition) is 0. The van der Waals surface area contributed by atoms with Gasteiger partial charge >= 0.3 is 0 Å². The highest BCUT2D eigenvalue weighted by Gasteiger charge is 2.28. The normalized spacial score (nSPS) is 16.8. The number of pyridine rings is 1. The summed E-state index contributed by atoms with van der Waals surface area (Å²) >= 11 is 0. The molecule has 1 aliphatic heterocycles. The third-order valence-corrected chi connectivity index (χ3v) is 6.34. The van der Waals surface area contributed by atoms with E-state index in [0.717, 1.165) is 50.0 Å². The van der Waals surface area contributed by atoms with Crippen molar-refractivity contribution in [3.05, 3.63) is 75.2 Å². The maximum absolute atomic E-state index is 13.2. The van der Waals surface area contributed by atoms with Crippen molar-refractivity contribution in [1.82, 2.24) is 14.4 Å². The highest BCUT2D eigenvalue weighted by atomic mass is 16.2. The number of amides is 1. The van der Waals surface area contributed by atoms with E-state index >= 15 is 0 Å². The molecular weight excluding hydrogens is 362 g/mol. The predicted octanol–water partition coefficient (Wildman–Crippen LogP) is 2.73. The molecule has 0 bridgehead atoms. The van der Waals surface area contributed by atoms with Crippen molar-refractivity contribution < 1.29 is 4.79 Å². The van der Waals surface area contributed by atoms with Gasteiger partial charge < -0.3 is 14.4 Å². The van der Waals surface area contributed by atoms with Crippen molar-refractivity contribution >= 4 is 12.0 Å². The van der Waals surface area contributed by atoms with Crippen LogP contribution in [0, 0.1) is 0 Å². The van der Waals surface area contributed by atoms with E-state index in [4.69, 9.17) is 0 Å². The molecule has 1 amide bonds. The maximum atomic E-state index is 13.2. The van der Waals surface area contributed by atoms with Crippen LogP contribution in [-0.4, -0.2) is 53.0 Å². The van der Waals surface area contributed by atoms with Crippen molar-refractivity contribution in [2.75, 3.05) is 26.7 Å². The molecule has 1 saturated heterocycles. The van der Waals surface area contributed by atoms with Crippen LogP contribution < -0.4 is 5.56 Å². The minimum atomic E-state index is -0.00377. The number of nitrogens with zero attached hydrogens (tertiary/aromatic N) is 3. The van der Waals surface area contributed by atoms with Crippen LogP contribution in [0.4, 0.5) is 0 Å². The predicted molar refractivity (Wildman–Crippen MR) is 116 cm³/mol. The zero-order chi connectivity index (χ0) is 20.4. The van der Waals surface area contributed by atoms with Crippen molar-refractivity contribution in [3.8, 4) is 0 Å². The first kappa shape index (κ1) is 19.6. The SMILES string of the molecule is CN(C(=O)c1cn(C)c(=O)c2c1C=CC2)C1CCN(CCc2ccccc2)CC1. The fourth-order valence-corrected chi connectivity index (χ4v) is 4.48. The number of benzene rings is 1. The number of piperidine rings is 1. The first-order chi connectivity index (χ1) is 14.0.